The van der Waals surface area contributed by atoms with Crippen LogP contribution in [0.5, 0.6) is 40.2 Å². The van der Waals surface area contributed by atoms with Gasteiger partial charge in [-0.25, -0.2) is 9.59 Å². The standard InChI is InChI=1S/C36H32O7P/c1-39-28-23-31(40-2)33(32(24-28)41-3)36(38)44(4,35(37)25-15-8-5-9-16-25)34-29(42-26-17-10-6-11-18-26)21-14-22-30(34)43-27-19-12-7-13-20-27/h5-24H,1-4H3/q+1. The molecular formula is C36H32O7P+. The third-order valence-corrected chi connectivity index (χ3v) is 10.6. The molecule has 7 nitrogen and oxygen atoms in total. The van der Waals surface area contributed by atoms with Crippen LogP contribution in [0.15, 0.2) is 121 Å². The normalized spacial score (nSPS) is 12.0. The Morgan fingerprint density at radius 1 is 0.500 bits per heavy atom. The van der Waals surface area contributed by atoms with Crippen molar-refractivity contribution in [2.75, 3.05) is 28.0 Å². The second-order valence-electron chi connectivity index (χ2n) is 9.82. The summed E-state index contributed by atoms with van der Waals surface area (Å²) in [4.78, 5) is 30.0. The monoisotopic (exact) mass is 607 g/mol. The zero-order chi connectivity index (χ0) is 31.1. The fourth-order valence-corrected chi connectivity index (χ4v) is 7.96. The number of rotatable bonds is 12. The van der Waals surface area contributed by atoms with E-state index in [9.17, 15) is 4.79 Å². The molecule has 0 N–H and O–H groups in total. The van der Waals surface area contributed by atoms with Crippen molar-refractivity contribution in [1.82, 2.24) is 0 Å². The summed E-state index contributed by atoms with van der Waals surface area (Å²) in [5.41, 5.74) is -0.325. The predicted molar refractivity (Wildman–Crippen MR) is 173 cm³/mol. The summed E-state index contributed by atoms with van der Waals surface area (Å²) in [6.07, 6.45) is 0. The molecule has 0 aliphatic rings. The van der Waals surface area contributed by atoms with Gasteiger partial charge in [0, 0.05) is 12.1 Å². The summed E-state index contributed by atoms with van der Waals surface area (Å²) in [6.45, 7) is 1.69. The van der Waals surface area contributed by atoms with Crippen LogP contribution >= 0.6 is 7.26 Å². The highest BCUT2D eigenvalue weighted by Crippen LogP contribution is 2.64. The number of methoxy groups -OCH3 is 3. The number of carbonyl (C=O) groups excluding carboxylic acids is 2. The maximum atomic E-state index is 15.2. The van der Waals surface area contributed by atoms with Crippen molar-refractivity contribution in [1.29, 1.82) is 0 Å². The number of benzene rings is 5. The van der Waals surface area contributed by atoms with Gasteiger partial charge in [-0.05, 0) is 48.5 Å². The van der Waals surface area contributed by atoms with E-state index >= 15 is 4.79 Å². The lowest BCUT2D eigenvalue weighted by Gasteiger charge is -2.25. The second-order valence-corrected chi connectivity index (χ2v) is 13.1. The number of ether oxygens (including phenoxy) is 5. The fraction of sp³-hybridized carbons (Fsp3) is 0.111. The Labute approximate surface area is 257 Å². The molecule has 0 radical (unpaired) electrons. The SMILES string of the molecule is COc1cc(OC)c(C(=O)[P+](C)(C(=O)c2ccccc2)c2c(Oc3ccccc3)cccc2Oc2ccccc2)c(OC)c1. The van der Waals surface area contributed by atoms with Crippen molar-refractivity contribution in [3.8, 4) is 40.2 Å². The summed E-state index contributed by atoms with van der Waals surface area (Å²) >= 11 is 0. The lowest BCUT2D eigenvalue weighted by molar-refractivity contribution is 0.104. The van der Waals surface area contributed by atoms with E-state index in [0.29, 0.717) is 39.6 Å². The maximum Gasteiger partial charge on any atom is 0.319 e. The molecule has 0 amide bonds. The molecule has 0 aromatic heterocycles. The van der Waals surface area contributed by atoms with E-state index in [-0.39, 0.29) is 22.6 Å². The summed E-state index contributed by atoms with van der Waals surface area (Å²) in [5.74, 6) is 2.59. The molecule has 1 unspecified atom stereocenters. The summed E-state index contributed by atoms with van der Waals surface area (Å²) in [6, 6.07) is 35.6. The molecular weight excluding hydrogens is 575 g/mol. The molecule has 5 aromatic carbocycles. The number of para-hydroxylation sites is 2. The fourth-order valence-electron chi connectivity index (χ4n) is 4.91. The van der Waals surface area contributed by atoms with Crippen molar-refractivity contribution in [3.63, 3.8) is 0 Å². The van der Waals surface area contributed by atoms with E-state index in [2.05, 4.69) is 0 Å². The highest BCUT2D eigenvalue weighted by atomic mass is 31.2. The van der Waals surface area contributed by atoms with Gasteiger partial charge in [0.1, 0.15) is 34.3 Å². The van der Waals surface area contributed by atoms with E-state index in [4.69, 9.17) is 23.7 Å². The van der Waals surface area contributed by atoms with Crippen molar-refractivity contribution in [3.05, 3.63) is 132 Å². The topological polar surface area (TPSA) is 80.3 Å². The van der Waals surface area contributed by atoms with Gasteiger partial charge in [0.25, 0.3) is 0 Å². The molecule has 8 heteroatoms. The molecule has 0 aliphatic heterocycles. The maximum absolute atomic E-state index is 15.2. The van der Waals surface area contributed by atoms with Crippen LogP contribution < -0.4 is 29.0 Å². The molecule has 1 atom stereocenters. The minimum Gasteiger partial charge on any atom is -0.496 e. The van der Waals surface area contributed by atoms with Gasteiger partial charge in [-0.1, -0.05) is 60.7 Å². The lowest BCUT2D eigenvalue weighted by Crippen LogP contribution is -2.28. The van der Waals surface area contributed by atoms with Crippen LogP contribution in [0.2, 0.25) is 0 Å². The Bertz CT molecular complexity index is 1670. The zero-order valence-electron chi connectivity index (χ0n) is 24.9. The summed E-state index contributed by atoms with van der Waals surface area (Å²) in [7, 11) is 0.790. The molecule has 0 saturated heterocycles. The average Bonchev–Trinajstić information content (AvgIpc) is 3.08. The van der Waals surface area contributed by atoms with Gasteiger partial charge < -0.3 is 23.7 Å². The van der Waals surface area contributed by atoms with Gasteiger partial charge in [0.05, 0.1) is 33.6 Å². The lowest BCUT2D eigenvalue weighted by atomic mass is 10.2. The van der Waals surface area contributed by atoms with Gasteiger partial charge in [0.15, 0.2) is 16.8 Å². The Balaban J connectivity index is 1.82. The van der Waals surface area contributed by atoms with Crippen molar-refractivity contribution in [2.45, 2.75) is 0 Å². The first-order chi connectivity index (χ1) is 21.4. The van der Waals surface area contributed by atoms with Gasteiger partial charge in [-0.2, -0.15) is 0 Å². The largest absolute Gasteiger partial charge is 0.496 e. The molecule has 0 bridgehead atoms. The first kappa shape index (κ1) is 30.3. The van der Waals surface area contributed by atoms with E-state index in [0.717, 1.165) is 0 Å². The van der Waals surface area contributed by atoms with Crippen molar-refractivity contribution < 1.29 is 33.3 Å². The van der Waals surface area contributed by atoms with E-state index in [1.807, 2.05) is 42.5 Å². The molecule has 0 saturated carbocycles. The first-order valence-electron chi connectivity index (χ1n) is 13.8. The molecule has 222 valence electrons. The molecule has 44 heavy (non-hydrogen) atoms. The highest BCUT2D eigenvalue weighted by molar-refractivity contribution is 8.10. The zero-order valence-corrected chi connectivity index (χ0v) is 25.7. The van der Waals surface area contributed by atoms with E-state index in [1.165, 1.54) is 21.3 Å². The molecule has 0 aliphatic carbocycles. The van der Waals surface area contributed by atoms with Gasteiger partial charge in [-0.3, -0.25) is 0 Å². The van der Waals surface area contributed by atoms with Crippen LogP contribution in [0.25, 0.3) is 0 Å². The third-order valence-electron chi connectivity index (χ3n) is 7.11. The van der Waals surface area contributed by atoms with Crippen molar-refractivity contribution in [2.24, 2.45) is 0 Å². The highest BCUT2D eigenvalue weighted by Gasteiger charge is 2.58. The minimum atomic E-state index is -3.63. The van der Waals surface area contributed by atoms with E-state index in [1.54, 1.807) is 85.5 Å². The van der Waals surface area contributed by atoms with Crippen LogP contribution in [-0.4, -0.2) is 39.0 Å². The molecule has 0 heterocycles. The number of hydrogen-bond acceptors (Lipinski definition) is 7. The Kier molecular flexibility index (Phi) is 9.27. The van der Waals surface area contributed by atoms with E-state index < -0.39 is 12.8 Å². The van der Waals surface area contributed by atoms with Crippen LogP contribution in [-0.2, 0) is 0 Å². The summed E-state index contributed by atoms with van der Waals surface area (Å²) in [5, 5.41) is 0.353. The van der Waals surface area contributed by atoms with Gasteiger partial charge >= 0.3 is 11.0 Å². The smallest absolute Gasteiger partial charge is 0.319 e. The second kappa shape index (κ2) is 13.4. The minimum absolute atomic E-state index is 0.121. The average molecular weight is 608 g/mol. The van der Waals surface area contributed by atoms with Crippen LogP contribution in [0.3, 0.4) is 0 Å². The Morgan fingerprint density at radius 3 is 1.39 bits per heavy atom. The molecule has 0 spiro atoms. The molecule has 5 rings (SSSR count). The van der Waals surface area contributed by atoms with Gasteiger partial charge in [0.2, 0.25) is 7.26 Å². The number of carbonyl (C=O) groups is 2. The number of hydrogen-bond donors (Lipinski definition) is 0. The first-order valence-corrected chi connectivity index (χ1v) is 16.0. The molecule has 5 aromatic rings. The summed E-state index contributed by atoms with van der Waals surface area (Å²) < 4.78 is 29.6. The van der Waals surface area contributed by atoms with Crippen LogP contribution in [0, 0.1) is 0 Å². The third kappa shape index (κ3) is 6.01. The molecule has 0 fully saturated rings. The quantitative estimate of drug-likeness (QED) is 0.132. The van der Waals surface area contributed by atoms with Crippen LogP contribution in [0.4, 0.5) is 0 Å². The van der Waals surface area contributed by atoms with Gasteiger partial charge in [-0.15, -0.1) is 0 Å². The van der Waals surface area contributed by atoms with Crippen LogP contribution in [0.1, 0.15) is 20.7 Å². The van der Waals surface area contributed by atoms with Crippen molar-refractivity contribution >= 4 is 23.6 Å². The predicted octanol–water partition coefficient (Wildman–Crippen LogP) is 8.25. The Hall–Kier alpha value is -5.13. The Morgan fingerprint density at radius 2 is 0.955 bits per heavy atom.